The predicted molar refractivity (Wildman–Crippen MR) is 66.1 cm³/mol. The lowest BCUT2D eigenvalue weighted by Crippen LogP contribution is -2.47. The van der Waals surface area contributed by atoms with Crippen LogP contribution >= 0.6 is 11.6 Å². The molecular weight excluding hydrogens is 222 g/mol. The third-order valence-corrected chi connectivity index (χ3v) is 3.68. The van der Waals surface area contributed by atoms with Gasteiger partial charge in [0.05, 0.1) is 11.9 Å². The Labute approximate surface area is 101 Å². The van der Waals surface area contributed by atoms with Crippen molar-refractivity contribution in [1.29, 1.82) is 0 Å². The first-order chi connectivity index (χ1) is 7.83. The molecule has 1 aliphatic heterocycles. The van der Waals surface area contributed by atoms with E-state index in [0.29, 0.717) is 5.15 Å². The van der Waals surface area contributed by atoms with E-state index in [0.717, 1.165) is 19.1 Å². The first-order valence-corrected chi connectivity index (χ1v) is 6.31. The van der Waals surface area contributed by atoms with Gasteiger partial charge in [-0.3, -0.25) is 4.90 Å². The topological polar surface area (TPSA) is 19.4 Å². The molecule has 4 heteroatoms. The molecule has 1 saturated carbocycles. The number of hydrogen-bond acceptors (Lipinski definition) is 3. The van der Waals surface area contributed by atoms with E-state index in [2.05, 4.69) is 20.9 Å². The zero-order chi connectivity index (χ0) is 11.0. The van der Waals surface area contributed by atoms with Crippen molar-refractivity contribution >= 4 is 17.3 Å². The largest absolute Gasteiger partial charge is 0.368 e. The van der Waals surface area contributed by atoms with E-state index in [9.17, 15) is 0 Å². The summed E-state index contributed by atoms with van der Waals surface area (Å²) in [6, 6.07) is 4.82. The maximum absolute atomic E-state index is 5.79. The third kappa shape index (κ3) is 2.15. The highest BCUT2D eigenvalue weighted by molar-refractivity contribution is 6.29. The van der Waals surface area contributed by atoms with E-state index < -0.39 is 0 Å². The Kier molecular flexibility index (Phi) is 2.74. The van der Waals surface area contributed by atoms with Crippen molar-refractivity contribution in [1.82, 2.24) is 9.88 Å². The molecule has 0 unspecified atom stereocenters. The highest BCUT2D eigenvalue weighted by atomic mass is 35.5. The Hall–Kier alpha value is -0.800. The Morgan fingerprint density at radius 1 is 1.12 bits per heavy atom. The Morgan fingerprint density at radius 2 is 1.88 bits per heavy atom. The quantitative estimate of drug-likeness (QED) is 0.734. The van der Waals surface area contributed by atoms with Crippen LogP contribution < -0.4 is 4.90 Å². The normalized spacial score (nSPS) is 22.4. The van der Waals surface area contributed by atoms with Crippen LogP contribution in [0.5, 0.6) is 0 Å². The van der Waals surface area contributed by atoms with Crippen LogP contribution in [0.1, 0.15) is 12.8 Å². The lowest BCUT2D eigenvalue weighted by molar-refractivity contribution is 0.248. The summed E-state index contributed by atoms with van der Waals surface area (Å²) in [6.45, 7) is 4.60. The number of hydrogen-bond donors (Lipinski definition) is 0. The molecule has 0 amide bonds. The molecule has 3 nitrogen and oxygen atoms in total. The zero-order valence-corrected chi connectivity index (χ0v) is 10.0. The molecule has 0 radical (unpaired) electrons. The number of aromatic nitrogens is 1. The van der Waals surface area contributed by atoms with Crippen LogP contribution in [0, 0.1) is 0 Å². The fraction of sp³-hybridized carbons (Fsp3) is 0.583. The van der Waals surface area contributed by atoms with Crippen LogP contribution in [0.3, 0.4) is 0 Å². The molecule has 3 rings (SSSR count). The number of nitrogens with zero attached hydrogens (tertiary/aromatic N) is 3. The highest BCUT2D eigenvalue weighted by Crippen LogP contribution is 2.28. The minimum atomic E-state index is 0.570. The zero-order valence-electron chi connectivity index (χ0n) is 9.27. The van der Waals surface area contributed by atoms with Gasteiger partial charge in [-0.2, -0.15) is 0 Å². The molecule has 2 heterocycles. The molecule has 1 saturated heterocycles. The van der Waals surface area contributed by atoms with E-state index >= 15 is 0 Å². The molecule has 2 aliphatic rings. The smallest absolute Gasteiger partial charge is 0.129 e. The highest BCUT2D eigenvalue weighted by Gasteiger charge is 2.31. The Balaban J connectivity index is 1.62. The molecule has 0 atom stereocenters. The number of piperazine rings is 1. The van der Waals surface area contributed by atoms with Crippen LogP contribution in [0.4, 0.5) is 5.69 Å². The van der Waals surface area contributed by atoms with Gasteiger partial charge >= 0.3 is 0 Å². The third-order valence-electron chi connectivity index (χ3n) is 3.45. The molecule has 2 fully saturated rings. The molecule has 16 heavy (non-hydrogen) atoms. The van der Waals surface area contributed by atoms with Crippen LogP contribution in [0.15, 0.2) is 18.3 Å². The first kappa shape index (κ1) is 10.4. The minimum absolute atomic E-state index is 0.570. The monoisotopic (exact) mass is 237 g/mol. The van der Waals surface area contributed by atoms with Crippen LogP contribution in [-0.4, -0.2) is 42.1 Å². The van der Waals surface area contributed by atoms with Crippen molar-refractivity contribution in [2.24, 2.45) is 0 Å². The average Bonchev–Trinajstić information content (AvgIpc) is 3.14. The van der Waals surface area contributed by atoms with Gasteiger partial charge in [0.1, 0.15) is 5.15 Å². The van der Waals surface area contributed by atoms with E-state index in [4.69, 9.17) is 11.6 Å². The molecular formula is C12H16ClN3. The second-order valence-corrected chi connectivity index (χ2v) is 4.98. The lowest BCUT2D eigenvalue weighted by Gasteiger charge is -2.36. The summed E-state index contributed by atoms with van der Waals surface area (Å²) in [4.78, 5) is 9.13. The van der Waals surface area contributed by atoms with E-state index in [1.165, 1.54) is 31.6 Å². The Morgan fingerprint density at radius 3 is 2.44 bits per heavy atom. The molecule has 86 valence electrons. The number of anilines is 1. The molecule has 1 aromatic rings. The van der Waals surface area contributed by atoms with Crippen LogP contribution in [0.2, 0.25) is 5.15 Å². The van der Waals surface area contributed by atoms with Crippen LogP contribution in [0.25, 0.3) is 0 Å². The minimum Gasteiger partial charge on any atom is -0.368 e. The van der Waals surface area contributed by atoms with Crippen molar-refractivity contribution in [2.45, 2.75) is 18.9 Å². The van der Waals surface area contributed by atoms with E-state index in [1.54, 1.807) is 0 Å². The summed E-state index contributed by atoms with van der Waals surface area (Å²) in [5, 5.41) is 0.570. The van der Waals surface area contributed by atoms with Crippen molar-refractivity contribution < 1.29 is 0 Å². The van der Waals surface area contributed by atoms with Gasteiger partial charge in [-0.15, -0.1) is 0 Å². The standard InChI is InChI=1S/C12H16ClN3/c13-12-4-3-11(9-14-12)16-7-5-15(6-8-16)10-1-2-10/h3-4,9-10H,1-2,5-8H2. The summed E-state index contributed by atoms with van der Waals surface area (Å²) in [5.41, 5.74) is 1.19. The fourth-order valence-corrected chi connectivity index (χ4v) is 2.45. The van der Waals surface area contributed by atoms with E-state index in [1.807, 2.05) is 12.3 Å². The van der Waals surface area contributed by atoms with Gasteiger partial charge in [-0.25, -0.2) is 4.98 Å². The van der Waals surface area contributed by atoms with Gasteiger partial charge in [0, 0.05) is 32.2 Å². The molecule has 0 bridgehead atoms. The molecule has 0 aromatic carbocycles. The molecule has 0 N–H and O–H groups in total. The lowest BCUT2D eigenvalue weighted by atomic mass is 10.2. The summed E-state index contributed by atoms with van der Waals surface area (Å²) in [6.07, 6.45) is 4.68. The van der Waals surface area contributed by atoms with Crippen molar-refractivity contribution in [3.8, 4) is 0 Å². The van der Waals surface area contributed by atoms with Crippen molar-refractivity contribution in [2.75, 3.05) is 31.1 Å². The maximum atomic E-state index is 5.79. The van der Waals surface area contributed by atoms with E-state index in [-0.39, 0.29) is 0 Å². The first-order valence-electron chi connectivity index (χ1n) is 5.93. The molecule has 1 aromatic heterocycles. The number of rotatable bonds is 2. The number of pyridine rings is 1. The van der Waals surface area contributed by atoms with Gasteiger partial charge in [0.15, 0.2) is 0 Å². The summed E-state index contributed by atoms with van der Waals surface area (Å²) in [7, 11) is 0. The van der Waals surface area contributed by atoms with Crippen LogP contribution in [-0.2, 0) is 0 Å². The predicted octanol–water partition coefficient (Wildman–Crippen LogP) is 2.02. The SMILES string of the molecule is Clc1ccc(N2CCN(C3CC3)CC2)cn1. The average molecular weight is 238 g/mol. The van der Waals surface area contributed by atoms with Gasteiger partial charge in [0.25, 0.3) is 0 Å². The second kappa shape index (κ2) is 4.22. The Bertz CT molecular complexity index is 353. The second-order valence-electron chi connectivity index (χ2n) is 4.59. The number of halogens is 1. The maximum Gasteiger partial charge on any atom is 0.129 e. The van der Waals surface area contributed by atoms with Crippen molar-refractivity contribution in [3.05, 3.63) is 23.5 Å². The van der Waals surface area contributed by atoms with Crippen molar-refractivity contribution in [3.63, 3.8) is 0 Å². The summed E-state index contributed by atoms with van der Waals surface area (Å²) in [5.74, 6) is 0. The van der Waals surface area contributed by atoms with Gasteiger partial charge in [-0.1, -0.05) is 11.6 Å². The molecule has 0 spiro atoms. The van der Waals surface area contributed by atoms with Gasteiger partial charge in [-0.05, 0) is 25.0 Å². The summed E-state index contributed by atoms with van der Waals surface area (Å²) < 4.78 is 0. The fourth-order valence-electron chi connectivity index (χ4n) is 2.34. The van der Waals surface area contributed by atoms with Gasteiger partial charge in [0.2, 0.25) is 0 Å². The molecule has 1 aliphatic carbocycles. The summed E-state index contributed by atoms with van der Waals surface area (Å²) >= 11 is 5.79. The van der Waals surface area contributed by atoms with Gasteiger partial charge < -0.3 is 4.90 Å².